The summed E-state index contributed by atoms with van der Waals surface area (Å²) in [5, 5.41) is 18.2. The maximum atomic E-state index is 13.7. The van der Waals surface area contributed by atoms with Crippen LogP contribution in [-0.4, -0.2) is 28.1 Å². The number of hydrogen-bond donors (Lipinski definition) is 2. The number of carboxylic acids is 1. The Hall–Kier alpha value is -0.720. The summed E-state index contributed by atoms with van der Waals surface area (Å²) in [6.45, 7) is 0.904. The van der Waals surface area contributed by atoms with Crippen LogP contribution in [0.5, 0.6) is 5.75 Å². The van der Waals surface area contributed by atoms with Crippen molar-refractivity contribution in [3.63, 3.8) is 0 Å². The summed E-state index contributed by atoms with van der Waals surface area (Å²) >= 11 is 3.40. The first-order valence-corrected chi connectivity index (χ1v) is 7.19. The molecule has 0 aliphatic carbocycles. The zero-order valence-electron chi connectivity index (χ0n) is 9.86. The number of aliphatic carboxylic acids is 1. The van der Waals surface area contributed by atoms with E-state index in [0.717, 1.165) is 19.1 Å². The molecule has 1 aromatic rings. The van der Waals surface area contributed by atoms with Gasteiger partial charge in [0.2, 0.25) is 6.10 Å². The molecule has 5 nitrogen and oxygen atoms in total. The molecule has 20 heavy (non-hydrogen) atoms. The Kier molecular flexibility index (Phi) is 5.52. The number of benzene rings is 1. The number of alkyl halides is 2. The minimum absolute atomic E-state index is 0.116. The standard InChI is InChI=1S/C11H8F2I2O5/c1-4(16)20-9(11(12,13)10(18)19)5-2-6(14)8(17)7(15)3-5/h2-3,9,17H,1H3,(H,18,19). The smallest absolute Gasteiger partial charge is 0.382 e. The molecular weight excluding hydrogens is 504 g/mol. The van der Waals surface area contributed by atoms with Crippen molar-refractivity contribution in [3.8, 4) is 5.75 Å². The molecule has 0 radical (unpaired) electrons. The molecule has 0 bridgehead atoms. The summed E-state index contributed by atoms with van der Waals surface area (Å²) < 4.78 is 32.3. The molecule has 0 aromatic heterocycles. The third-order valence-electron chi connectivity index (χ3n) is 2.24. The maximum Gasteiger partial charge on any atom is 0.382 e. The summed E-state index contributed by atoms with van der Waals surface area (Å²) in [4.78, 5) is 21.6. The zero-order valence-corrected chi connectivity index (χ0v) is 14.2. The average molecular weight is 512 g/mol. The molecule has 110 valence electrons. The van der Waals surface area contributed by atoms with Crippen LogP contribution in [0.4, 0.5) is 8.78 Å². The Morgan fingerprint density at radius 1 is 1.30 bits per heavy atom. The highest BCUT2D eigenvalue weighted by Crippen LogP contribution is 2.38. The largest absolute Gasteiger partial charge is 0.506 e. The molecule has 9 heteroatoms. The second-order valence-corrected chi connectivity index (χ2v) is 6.08. The molecule has 0 amide bonds. The van der Waals surface area contributed by atoms with Gasteiger partial charge in [0.15, 0.2) is 0 Å². The molecule has 0 spiro atoms. The van der Waals surface area contributed by atoms with E-state index < -0.39 is 24.0 Å². The lowest BCUT2D eigenvalue weighted by molar-refractivity contribution is -0.193. The average Bonchev–Trinajstić information content (AvgIpc) is 2.31. The van der Waals surface area contributed by atoms with Crippen LogP contribution in [-0.2, 0) is 14.3 Å². The predicted molar refractivity (Wildman–Crippen MR) is 80.6 cm³/mol. The highest BCUT2D eigenvalue weighted by atomic mass is 127. The molecule has 0 saturated heterocycles. The van der Waals surface area contributed by atoms with Crippen LogP contribution in [0.2, 0.25) is 0 Å². The first-order chi connectivity index (χ1) is 9.07. The van der Waals surface area contributed by atoms with E-state index in [4.69, 9.17) is 5.11 Å². The first kappa shape index (κ1) is 17.3. The Labute approximate surface area is 139 Å². The predicted octanol–water partition coefficient (Wildman–Crippen LogP) is 2.93. The van der Waals surface area contributed by atoms with Gasteiger partial charge in [0, 0.05) is 12.5 Å². The lowest BCUT2D eigenvalue weighted by Gasteiger charge is -2.24. The first-order valence-electron chi connectivity index (χ1n) is 5.03. The number of carboxylic acid groups (broad SMARTS) is 1. The number of carbonyl (C=O) groups excluding carboxylic acids is 1. The fourth-order valence-corrected chi connectivity index (χ4v) is 3.18. The number of phenolic OH excluding ortho intramolecular Hbond substituents is 1. The topological polar surface area (TPSA) is 83.8 Å². The lowest BCUT2D eigenvalue weighted by atomic mass is 10.0. The van der Waals surface area contributed by atoms with Crippen LogP contribution < -0.4 is 0 Å². The monoisotopic (exact) mass is 512 g/mol. The van der Waals surface area contributed by atoms with Gasteiger partial charge in [-0.1, -0.05) is 0 Å². The normalized spacial score (nSPS) is 12.8. The van der Waals surface area contributed by atoms with E-state index in [9.17, 15) is 23.5 Å². The molecule has 1 aromatic carbocycles. The zero-order chi connectivity index (χ0) is 15.7. The van der Waals surface area contributed by atoms with Gasteiger partial charge in [-0.3, -0.25) is 4.79 Å². The molecule has 0 aliphatic heterocycles. The number of esters is 1. The van der Waals surface area contributed by atoms with Gasteiger partial charge >= 0.3 is 17.9 Å². The van der Waals surface area contributed by atoms with E-state index >= 15 is 0 Å². The number of halogens is 4. The number of hydrogen-bond acceptors (Lipinski definition) is 4. The molecule has 1 unspecified atom stereocenters. The van der Waals surface area contributed by atoms with Gasteiger partial charge in [-0.15, -0.1) is 0 Å². The fourth-order valence-electron chi connectivity index (χ4n) is 1.37. The highest BCUT2D eigenvalue weighted by Gasteiger charge is 2.51. The van der Waals surface area contributed by atoms with Gasteiger partial charge in [0.25, 0.3) is 0 Å². The molecule has 1 rings (SSSR count). The Morgan fingerprint density at radius 3 is 2.10 bits per heavy atom. The van der Waals surface area contributed by atoms with E-state index in [1.54, 1.807) is 45.2 Å². The van der Waals surface area contributed by atoms with Crippen molar-refractivity contribution >= 4 is 57.1 Å². The van der Waals surface area contributed by atoms with Gasteiger partial charge in [-0.2, -0.15) is 8.78 Å². The van der Waals surface area contributed by atoms with Crippen LogP contribution in [0.1, 0.15) is 18.6 Å². The highest BCUT2D eigenvalue weighted by molar-refractivity contribution is 14.1. The third-order valence-corrected chi connectivity index (χ3v) is 3.88. The van der Waals surface area contributed by atoms with E-state index in [0.29, 0.717) is 0 Å². The number of phenols is 1. The van der Waals surface area contributed by atoms with E-state index in [1.807, 2.05) is 0 Å². The number of ether oxygens (including phenoxy) is 1. The Morgan fingerprint density at radius 2 is 1.75 bits per heavy atom. The molecular formula is C11H8F2I2O5. The number of carbonyl (C=O) groups is 2. The minimum atomic E-state index is -4.28. The fraction of sp³-hybridized carbons (Fsp3) is 0.273. The van der Waals surface area contributed by atoms with Crippen LogP contribution >= 0.6 is 45.2 Å². The summed E-state index contributed by atoms with van der Waals surface area (Å²) in [5.41, 5.74) is -0.209. The summed E-state index contributed by atoms with van der Waals surface area (Å²) in [6.07, 6.45) is -2.26. The van der Waals surface area contributed by atoms with Crippen LogP contribution in [0, 0.1) is 7.14 Å². The van der Waals surface area contributed by atoms with E-state index in [-0.39, 0.29) is 18.5 Å². The van der Waals surface area contributed by atoms with Gasteiger partial charge in [-0.25, -0.2) is 4.79 Å². The van der Waals surface area contributed by atoms with E-state index in [2.05, 4.69) is 4.74 Å². The lowest BCUT2D eigenvalue weighted by Crippen LogP contribution is -2.38. The second-order valence-electron chi connectivity index (χ2n) is 3.75. The Balaban J connectivity index is 3.39. The van der Waals surface area contributed by atoms with Gasteiger partial charge in [0.1, 0.15) is 5.75 Å². The third kappa shape index (κ3) is 3.68. The molecule has 0 heterocycles. The van der Waals surface area contributed by atoms with E-state index in [1.165, 1.54) is 0 Å². The maximum absolute atomic E-state index is 13.7. The van der Waals surface area contributed by atoms with Crippen molar-refractivity contribution in [1.82, 2.24) is 0 Å². The van der Waals surface area contributed by atoms with Crippen molar-refractivity contribution in [2.75, 3.05) is 0 Å². The van der Waals surface area contributed by atoms with Gasteiger partial charge < -0.3 is 14.9 Å². The van der Waals surface area contributed by atoms with Gasteiger partial charge in [-0.05, 0) is 57.3 Å². The molecule has 1 atom stereocenters. The Bertz CT molecular complexity index is 539. The second kappa shape index (κ2) is 6.37. The van der Waals surface area contributed by atoms with Crippen LogP contribution in [0.15, 0.2) is 12.1 Å². The van der Waals surface area contributed by atoms with Crippen molar-refractivity contribution < 1.29 is 33.3 Å². The molecule has 0 fully saturated rings. The van der Waals surface area contributed by atoms with Crippen LogP contribution in [0.3, 0.4) is 0 Å². The van der Waals surface area contributed by atoms with Gasteiger partial charge in [0.05, 0.1) is 7.14 Å². The minimum Gasteiger partial charge on any atom is -0.506 e. The van der Waals surface area contributed by atoms with Crippen LogP contribution in [0.25, 0.3) is 0 Å². The van der Waals surface area contributed by atoms with Crippen molar-refractivity contribution in [2.45, 2.75) is 19.0 Å². The van der Waals surface area contributed by atoms with Crippen molar-refractivity contribution in [1.29, 1.82) is 0 Å². The number of aromatic hydroxyl groups is 1. The van der Waals surface area contributed by atoms with Crippen molar-refractivity contribution in [3.05, 3.63) is 24.8 Å². The molecule has 2 N–H and O–H groups in total. The number of rotatable bonds is 4. The molecule has 0 aliphatic rings. The molecule has 0 saturated carbocycles. The summed E-state index contributed by atoms with van der Waals surface area (Å²) in [6, 6.07) is 2.28. The summed E-state index contributed by atoms with van der Waals surface area (Å²) in [7, 11) is 0. The summed E-state index contributed by atoms with van der Waals surface area (Å²) in [5.74, 6) is -7.83. The quantitative estimate of drug-likeness (QED) is 0.480. The van der Waals surface area contributed by atoms with Crippen molar-refractivity contribution in [2.24, 2.45) is 0 Å². The SMILES string of the molecule is CC(=O)OC(c1cc(I)c(O)c(I)c1)C(F)(F)C(=O)O.